The number of hydrogen-bond donors (Lipinski definition) is 2. The second-order valence-corrected chi connectivity index (χ2v) is 6.74. The highest BCUT2D eigenvalue weighted by atomic mass is 16.7. The number of hydrogen-bond acceptors (Lipinski definition) is 5. The molecule has 0 bridgehead atoms. The molecule has 2 N–H and O–H groups in total. The van der Waals surface area contributed by atoms with E-state index in [-0.39, 0.29) is 11.8 Å². The first-order valence-electron chi connectivity index (χ1n) is 8.95. The lowest BCUT2D eigenvalue weighted by molar-refractivity contribution is -0.182. The van der Waals surface area contributed by atoms with E-state index < -0.39 is 0 Å². The molecule has 1 saturated carbocycles. The third-order valence-corrected chi connectivity index (χ3v) is 5.03. The van der Waals surface area contributed by atoms with Crippen LogP contribution in [-0.4, -0.2) is 44.8 Å². The van der Waals surface area contributed by atoms with E-state index in [0.29, 0.717) is 56.1 Å². The summed E-state index contributed by atoms with van der Waals surface area (Å²) in [6, 6.07) is 5.21. The summed E-state index contributed by atoms with van der Waals surface area (Å²) in [5, 5.41) is 5.80. The normalized spacial score (nSPS) is 21.9. The third-order valence-electron chi connectivity index (χ3n) is 5.03. The quantitative estimate of drug-likeness (QED) is 0.878. The van der Waals surface area contributed by atoms with Gasteiger partial charge in [0, 0.05) is 31.1 Å². The van der Waals surface area contributed by atoms with Crippen LogP contribution in [0.15, 0.2) is 18.2 Å². The van der Waals surface area contributed by atoms with Crippen LogP contribution in [0, 0.1) is 5.92 Å². The molecule has 136 valence electrons. The van der Waals surface area contributed by atoms with Crippen molar-refractivity contribution in [3.8, 4) is 11.5 Å². The SMILES string of the molecule is O=C(NCC1CCC2(CC1)OCCO2)Nc1ccc2c(c1)OCCO2. The van der Waals surface area contributed by atoms with Crippen molar-refractivity contribution in [2.75, 3.05) is 38.3 Å². The van der Waals surface area contributed by atoms with Crippen molar-refractivity contribution in [2.24, 2.45) is 5.92 Å². The molecule has 0 radical (unpaired) electrons. The Kier molecular flexibility index (Phi) is 4.67. The van der Waals surface area contributed by atoms with E-state index in [2.05, 4.69) is 10.6 Å². The maximum absolute atomic E-state index is 12.1. The zero-order chi connectivity index (χ0) is 17.1. The van der Waals surface area contributed by atoms with Crippen LogP contribution >= 0.6 is 0 Å². The molecule has 0 aromatic heterocycles. The Labute approximate surface area is 147 Å². The molecular weight excluding hydrogens is 324 g/mol. The largest absolute Gasteiger partial charge is 0.486 e. The Hall–Kier alpha value is -1.99. The Balaban J connectivity index is 1.23. The Morgan fingerprint density at radius 2 is 1.76 bits per heavy atom. The minimum atomic E-state index is -0.343. The number of anilines is 1. The molecule has 3 aliphatic rings. The van der Waals surface area contributed by atoms with Crippen molar-refractivity contribution < 1.29 is 23.7 Å². The highest BCUT2D eigenvalue weighted by Crippen LogP contribution is 2.38. The van der Waals surface area contributed by atoms with Gasteiger partial charge >= 0.3 is 6.03 Å². The summed E-state index contributed by atoms with van der Waals surface area (Å²) in [6.07, 6.45) is 3.82. The van der Waals surface area contributed by atoms with Crippen molar-refractivity contribution in [1.29, 1.82) is 0 Å². The molecule has 2 heterocycles. The fourth-order valence-electron chi connectivity index (χ4n) is 3.64. The van der Waals surface area contributed by atoms with Gasteiger partial charge in [-0.15, -0.1) is 0 Å². The van der Waals surface area contributed by atoms with Crippen LogP contribution in [0.3, 0.4) is 0 Å². The van der Waals surface area contributed by atoms with Crippen molar-refractivity contribution in [3.63, 3.8) is 0 Å². The minimum absolute atomic E-state index is 0.203. The summed E-state index contributed by atoms with van der Waals surface area (Å²) >= 11 is 0. The van der Waals surface area contributed by atoms with E-state index >= 15 is 0 Å². The van der Waals surface area contributed by atoms with Gasteiger partial charge in [0.2, 0.25) is 0 Å². The molecule has 2 aliphatic heterocycles. The number of amides is 2. The number of fused-ring (bicyclic) bond motifs is 1. The number of urea groups is 1. The van der Waals surface area contributed by atoms with Gasteiger partial charge in [-0.25, -0.2) is 4.79 Å². The lowest BCUT2D eigenvalue weighted by Gasteiger charge is -2.35. The van der Waals surface area contributed by atoms with Crippen LogP contribution in [0.4, 0.5) is 10.5 Å². The van der Waals surface area contributed by atoms with Crippen molar-refractivity contribution in [1.82, 2.24) is 5.32 Å². The molecule has 7 heteroatoms. The van der Waals surface area contributed by atoms with E-state index in [1.807, 2.05) is 12.1 Å². The fraction of sp³-hybridized carbons (Fsp3) is 0.611. The van der Waals surface area contributed by atoms with Crippen molar-refractivity contribution in [3.05, 3.63) is 18.2 Å². The van der Waals surface area contributed by atoms with Crippen LogP contribution in [0.5, 0.6) is 11.5 Å². The average molecular weight is 348 g/mol. The minimum Gasteiger partial charge on any atom is -0.486 e. The van der Waals surface area contributed by atoms with E-state index in [1.165, 1.54) is 0 Å². The molecule has 25 heavy (non-hydrogen) atoms. The lowest BCUT2D eigenvalue weighted by atomic mass is 9.85. The summed E-state index contributed by atoms with van der Waals surface area (Å²) in [4.78, 5) is 12.1. The summed E-state index contributed by atoms with van der Waals surface area (Å²) in [6.45, 7) is 3.13. The van der Waals surface area contributed by atoms with Crippen molar-refractivity contribution in [2.45, 2.75) is 31.5 Å². The topological polar surface area (TPSA) is 78.1 Å². The van der Waals surface area contributed by atoms with E-state index in [0.717, 1.165) is 25.7 Å². The molecule has 1 aliphatic carbocycles. The van der Waals surface area contributed by atoms with Gasteiger partial charge in [0.25, 0.3) is 0 Å². The fourth-order valence-corrected chi connectivity index (χ4v) is 3.64. The van der Waals surface area contributed by atoms with Crippen molar-refractivity contribution >= 4 is 11.7 Å². The molecule has 0 unspecified atom stereocenters. The monoisotopic (exact) mass is 348 g/mol. The molecule has 2 amide bonds. The number of rotatable bonds is 3. The van der Waals surface area contributed by atoms with Gasteiger partial charge in [-0.3, -0.25) is 0 Å². The Bertz CT molecular complexity index is 620. The van der Waals surface area contributed by atoms with Crippen LogP contribution in [0.25, 0.3) is 0 Å². The zero-order valence-electron chi connectivity index (χ0n) is 14.2. The van der Waals surface area contributed by atoms with E-state index in [4.69, 9.17) is 18.9 Å². The molecule has 2 fully saturated rings. The predicted octanol–water partition coefficient (Wildman–Crippen LogP) is 2.51. The smallest absolute Gasteiger partial charge is 0.319 e. The first-order valence-corrected chi connectivity index (χ1v) is 8.95. The summed E-state index contributed by atoms with van der Waals surface area (Å²) in [5.41, 5.74) is 0.692. The highest BCUT2D eigenvalue weighted by molar-refractivity contribution is 5.89. The predicted molar refractivity (Wildman–Crippen MR) is 91.0 cm³/mol. The van der Waals surface area contributed by atoms with Gasteiger partial charge in [-0.2, -0.15) is 0 Å². The van der Waals surface area contributed by atoms with Gasteiger partial charge in [0.1, 0.15) is 13.2 Å². The maximum atomic E-state index is 12.1. The van der Waals surface area contributed by atoms with E-state index in [9.17, 15) is 4.79 Å². The molecule has 0 atom stereocenters. The number of carbonyl (C=O) groups excluding carboxylic acids is 1. The zero-order valence-corrected chi connectivity index (χ0v) is 14.2. The second-order valence-electron chi connectivity index (χ2n) is 6.74. The highest BCUT2D eigenvalue weighted by Gasteiger charge is 2.40. The van der Waals surface area contributed by atoms with Crippen LogP contribution in [0.2, 0.25) is 0 Å². The summed E-state index contributed by atoms with van der Waals surface area (Å²) < 4.78 is 22.5. The van der Waals surface area contributed by atoms with Crippen LogP contribution in [0.1, 0.15) is 25.7 Å². The standard InChI is InChI=1S/C18H24N2O5/c21-17(20-14-1-2-15-16(11-14)23-8-7-22-15)19-12-13-3-5-18(6-4-13)24-9-10-25-18/h1-2,11,13H,3-10,12H2,(H2,19,20,21). The molecule has 1 aromatic carbocycles. The number of carbonyl (C=O) groups is 1. The first kappa shape index (κ1) is 16.5. The number of benzene rings is 1. The maximum Gasteiger partial charge on any atom is 0.319 e. The van der Waals surface area contributed by atoms with Gasteiger partial charge < -0.3 is 29.6 Å². The van der Waals surface area contributed by atoms with Gasteiger partial charge in [-0.1, -0.05) is 0 Å². The van der Waals surface area contributed by atoms with Crippen LogP contribution < -0.4 is 20.1 Å². The molecular formula is C18H24N2O5. The van der Waals surface area contributed by atoms with Gasteiger partial charge in [0.05, 0.1) is 13.2 Å². The van der Waals surface area contributed by atoms with Gasteiger partial charge in [0.15, 0.2) is 17.3 Å². The molecule has 7 nitrogen and oxygen atoms in total. The Morgan fingerprint density at radius 3 is 2.52 bits per heavy atom. The average Bonchev–Trinajstić information content (AvgIpc) is 3.09. The molecule has 4 rings (SSSR count). The number of nitrogens with one attached hydrogen (secondary N) is 2. The number of ether oxygens (including phenoxy) is 4. The second kappa shape index (κ2) is 7.09. The molecule has 1 aromatic rings. The third kappa shape index (κ3) is 3.82. The summed E-state index contributed by atoms with van der Waals surface area (Å²) in [7, 11) is 0. The first-order chi connectivity index (χ1) is 12.2. The summed E-state index contributed by atoms with van der Waals surface area (Å²) in [5.74, 6) is 1.50. The lowest BCUT2D eigenvalue weighted by Crippen LogP contribution is -2.39. The molecule has 1 saturated heterocycles. The van der Waals surface area contributed by atoms with Crippen LogP contribution in [-0.2, 0) is 9.47 Å². The van der Waals surface area contributed by atoms with E-state index in [1.54, 1.807) is 6.07 Å². The Morgan fingerprint density at radius 1 is 1.04 bits per heavy atom. The molecule has 1 spiro atoms. The van der Waals surface area contributed by atoms with Gasteiger partial charge in [-0.05, 0) is 30.9 Å².